The number of nitrogens with one attached hydrogen (secondary N) is 8. The highest BCUT2D eigenvalue weighted by Gasteiger charge is 2.33. The highest BCUT2D eigenvalue weighted by atomic mass is 32.3. The molecular weight excluding hydrogens is 1010 g/mol. The number of thioether (sulfide) groups is 2. The number of aromatic nitrogens is 1. The van der Waals surface area contributed by atoms with Crippen molar-refractivity contribution in [3.8, 4) is 5.75 Å². The Hall–Kier alpha value is -7.16. The molecule has 0 aliphatic carbocycles. The van der Waals surface area contributed by atoms with Gasteiger partial charge < -0.3 is 57.9 Å². The van der Waals surface area contributed by atoms with Crippen LogP contribution in [0.3, 0.4) is 0 Å². The van der Waals surface area contributed by atoms with Crippen LogP contribution in [0.25, 0.3) is 10.9 Å². The molecule has 1 aromatic heterocycles. The van der Waals surface area contributed by atoms with Crippen LogP contribution in [0.4, 0.5) is 0 Å². The maximum Gasteiger partial charge on any atom is 0.446 e. The van der Waals surface area contributed by atoms with Crippen LogP contribution in [0.15, 0.2) is 85.1 Å². The highest BCUT2D eigenvalue weighted by Crippen LogP contribution is 2.20. The molecule has 4 aromatic rings. The summed E-state index contributed by atoms with van der Waals surface area (Å²) in [5.74, 6) is -6.88. The van der Waals surface area contributed by atoms with E-state index in [1.54, 1.807) is 67.2 Å². The number of primary amides is 2. The van der Waals surface area contributed by atoms with Gasteiger partial charge in [-0.05, 0) is 71.7 Å². The van der Waals surface area contributed by atoms with Crippen molar-refractivity contribution in [2.24, 2.45) is 11.5 Å². The molecular formula is C47H60N10O13S3. The van der Waals surface area contributed by atoms with Gasteiger partial charge in [0.2, 0.25) is 53.2 Å². The lowest BCUT2D eigenvalue weighted by Gasteiger charge is -2.26. The summed E-state index contributed by atoms with van der Waals surface area (Å²) in [5.41, 5.74) is 13.5. The van der Waals surface area contributed by atoms with Crippen molar-refractivity contribution in [2.75, 3.05) is 30.6 Å². The molecule has 13 N–H and O–H groups in total. The van der Waals surface area contributed by atoms with Crippen LogP contribution in [0.1, 0.15) is 42.9 Å². The van der Waals surface area contributed by atoms with Gasteiger partial charge in [0.1, 0.15) is 42.0 Å². The number of fused-ring (bicyclic) bond motifs is 1. The van der Waals surface area contributed by atoms with E-state index in [-0.39, 0.29) is 37.9 Å². The lowest BCUT2D eigenvalue weighted by Crippen LogP contribution is -2.59. The Labute approximate surface area is 429 Å². The van der Waals surface area contributed by atoms with Gasteiger partial charge in [-0.1, -0.05) is 60.7 Å². The van der Waals surface area contributed by atoms with Gasteiger partial charge in [-0.15, -0.1) is 0 Å². The zero-order valence-corrected chi connectivity index (χ0v) is 42.6. The van der Waals surface area contributed by atoms with Crippen molar-refractivity contribution in [3.63, 3.8) is 0 Å². The lowest BCUT2D eigenvalue weighted by atomic mass is 10.0. The van der Waals surface area contributed by atoms with Gasteiger partial charge in [0, 0.05) is 43.3 Å². The average molecular weight is 1070 g/mol. The number of carbonyl (C=O) groups is 9. The molecule has 0 bridgehead atoms. The monoisotopic (exact) mass is 1070 g/mol. The van der Waals surface area contributed by atoms with Crippen LogP contribution < -0.4 is 52.9 Å². The van der Waals surface area contributed by atoms with E-state index in [0.29, 0.717) is 28.2 Å². The topological polar surface area (TPSA) is 369 Å². The molecule has 73 heavy (non-hydrogen) atoms. The largest absolute Gasteiger partial charge is 0.446 e. The molecule has 3 aromatic carbocycles. The maximum atomic E-state index is 14.3. The third kappa shape index (κ3) is 20.1. The van der Waals surface area contributed by atoms with Gasteiger partial charge in [0.05, 0.1) is 13.0 Å². The fourth-order valence-electron chi connectivity index (χ4n) is 7.34. The van der Waals surface area contributed by atoms with E-state index in [0.717, 1.165) is 10.9 Å². The molecule has 1 heterocycles. The fraction of sp³-hybridized carbons (Fsp3) is 0.383. The molecule has 0 aliphatic heterocycles. The van der Waals surface area contributed by atoms with Crippen molar-refractivity contribution in [1.29, 1.82) is 0 Å². The minimum atomic E-state index is -4.79. The van der Waals surface area contributed by atoms with Crippen LogP contribution in [-0.4, -0.2) is 138 Å². The standard InChI is InChI=1S/C47H60N10O13S3/c1-27(58)52-37(22-29-13-15-31(16-14-29)70-73(67,68)69)45(64)54-34(17-19-71-2)43(62)51-26-41(60)53-38(23-30-25-50-33-12-8-7-11-32(30)33)46(65)55-35(18-20-72-3)44(63)57-39(24-40(48)59)47(66)56-36(42(49)61)21-28-9-5-4-6-10-28/h4-16,25,34-39,50H,17-24,26H2,1-3H3,(H2,48,59)(H2,49,61)(H,51,62)(H,52,58)(H,53,60)(H,54,64)(H,55,65)(H,56,66)(H,57,63)(H,67,68,69)/t34-,35-,36-,37-,38-,39-/m0/s1. The van der Waals surface area contributed by atoms with E-state index in [9.17, 15) is 51.6 Å². The number of nitrogens with two attached hydrogens (primary N) is 2. The van der Waals surface area contributed by atoms with Crippen molar-refractivity contribution < 1.29 is 60.3 Å². The first-order valence-electron chi connectivity index (χ1n) is 22.6. The second-order valence-electron chi connectivity index (χ2n) is 16.6. The molecule has 0 unspecified atom stereocenters. The summed E-state index contributed by atoms with van der Waals surface area (Å²) in [7, 11) is -4.79. The number of carbonyl (C=O) groups excluding carboxylic acids is 9. The first kappa shape index (κ1) is 58.4. The third-order valence-corrected chi connectivity index (χ3v) is 12.6. The van der Waals surface area contributed by atoms with Crippen molar-refractivity contribution in [3.05, 3.63) is 102 Å². The Morgan fingerprint density at radius 3 is 1.70 bits per heavy atom. The smallest absolute Gasteiger partial charge is 0.370 e. The van der Waals surface area contributed by atoms with Gasteiger partial charge >= 0.3 is 10.4 Å². The molecule has 23 nitrogen and oxygen atoms in total. The molecule has 394 valence electrons. The lowest BCUT2D eigenvalue weighted by molar-refractivity contribution is -0.135. The molecule has 4 rings (SSSR count). The Morgan fingerprint density at radius 2 is 1.12 bits per heavy atom. The molecule has 0 aliphatic rings. The predicted molar refractivity (Wildman–Crippen MR) is 274 cm³/mol. The number of rotatable bonds is 30. The van der Waals surface area contributed by atoms with Crippen LogP contribution in [0, 0.1) is 0 Å². The van der Waals surface area contributed by atoms with Crippen LogP contribution in [0.5, 0.6) is 5.75 Å². The van der Waals surface area contributed by atoms with E-state index >= 15 is 0 Å². The summed E-state index contributed by atoms with van der Waals surface area (Å²) in [6.45, 7) is 0.512. The molecule has 0 spiro atoms. The number of hydrogen-bond acceptors (Lipinski definition) is 14. The number of para-hydroxylation sites is 1. The second-order valence-corrected chi connectivity index (χ2v) is 19.6. The van der Waals surface area contributed by atoms with Crippen LogP contribution >= 0.6 is 23.5 Å². The Balaban J connectivity index is 1.51. The first-order valence-corrected chi connectivity index (χ1v) is 26.8. The summed E-state index contributed by atoms with van der Waals surface area (Å²) >= 11 is 2.72. The number of aromatic amines is 1. The Kier molecular flexibility index (Phi) is 23.0. The van der Waals surface area contributed by atoms with E-state index in [1.165, 1.54) is 54.7 Å². The van der Waals surface area contributed by atoms with Crippen molar-refractivity contribution >= 4 is 98.0 Å². The van der Waals surface area contributed by atoms with Crippen LogP contribution in [-0.2, 0) is 72.8 Å². The molecule has 0 fully saturated rings. The molecule has 26 heteroatoms. The molecule has 0 radical (unpaired) electrons. The number of H-pyrrole nitrogens is 1. The first-order chi connectivity index (χ1) is 34.7. The van der Waals surface area contributed by atoms with Gasteiger partial charge in [0.15, 0.2) is 0 Å². The van der Waals surface area contributed by atoms with E-state index < -0.39 is 113 Å². The van der Waals surface area contributed by atoms with Gasteiger partial charge in [-0.3, -0.25) is 47.7 Å². The molecule has 9 amide bonds. The summed E-state index contributed by atoms with van der Waals surface area (Å²) < 4.78 is 35.6. The zero-order chi connectivity index (χ0) is 53.7. The second kappa shape index (κ2) is 28.8. The van der Waals surface area contributed by atoms with Crippen LogP contribution in [0.2, 0.25) is 0 Å². The minimum Gasteiger partial charge on any atom is -0.370 e. The number of hydrogen-bond donors (Lipinski definition) is 11. The number of benzene rings is 3. The van der Waals surface area contributed by atoms with Crippen molar-refractivity contribution in [2.45, 2.75) is 81.7 Å². The fourth-order valence-corrected chi connectivity index (χ4v) is 8.64. The summed E-state index contributed by atoms with van der Waals surface area (Å²) in [5, 5.41) is 18.6. The number of amides is 9. The molecule has 6 atom stereocenters. The van der Waals surface area contributed by atoms with Gasteiger partial charge in [0.25, 0.3) is 0 Å². The maximum absolute atomic E-state index is 14.3. The highest BCUT2D eigenvalue weighted by molar-refractivity contribution is 7.98. The normalized spacial score (nSPS) is 13.6. The quantitative estimate of drug-likeness (QED) is 0.0288. The summed E-state index contributed by atoms with van der Waals surface area (Å²) in [6.07, 6.45) is 4.44. The Morgan fingerprint density at radius 1 is 0.616 bits per heavy atom. The average Bonchev–Trinajstić information content (AvgIpc) is 3.74. The van der Waals surface area contributed by atoms with E-state index in [2.05, 4.69) is 46.4 Å². The van der Waals surface area contributed by atoms with Crippen molar-refractivity contribution in [1.82, 2.24) is 42.2 Å². The van der Waals surface area contributed by atoms with E-state index in [1.807, 2.05) is 6.07 Å². The SMILES string of the molecule is CSCC[C@H](NC(=O)[C@H](Cc1ccc(OS(=O)(=O)O)cc1)NC(C)=O)C(=O)NCC(=O)N[C@@H](Cc1c[nH]c2ccccc12)C(=O)N[C@@H](CCSC)C(=O)N[C@@H](CC(N)=O)C(=O)N[C@@H](Cc1ccccc1)C(N)=O. The van der Waals surface area contributed by atoms with Gasteiger partial charge in [-0.2, -0.15) is 31.9 Å². The van der Waals surface area contributed by atoms with E-state index in [4.69, 9.17) is 16.0 Å². The van der Waals surface area contributed by atoms with Gasteiger partial charge in [-0.25, -0.2) is 0 Å². The zero-order valence-electron chi connectivity index (χ0n) is 40.1. The third-order valence-electron chi connectivity index (χ3n) is 10.9. The summed E-state index contributed by atoms with van der Waals surface area (Å²) in [6, 6.07) is 13.2. The predicted octanol–water partition coefficient (Wildman–Crippen LogP) is -0.711. The Bertz CT molecular complexity index is 2690. The molecule has 0 saturated heterocycles. The summed E-state index contributed by atoms with van der Waals surface area (Å²) in [4.78, 5) is 123. The minimum absolute atomic E-state index is 0.00984. The molecule has 0 saturated carbocycles.